The number of carbonyl (C=O) groups excluding carboxylic acids is 1. The van der Waals surface area contributed by atoms with Crippen molar-refractivity contribution in [3.63, 3.8) is 0 Å². The van der Waals surface area contributed by atoms with Gasteiger partial charge in [-0.1, -0.05) is 0 Å². The van der Waals surface area contributed by atoms with E-state index in [1.54, 1.807) is 47.3 Å². The lowest BCUT2D eigenvalue weighted by Gasteiger charge is -2.40. The normalized spacial score (nSPS) is 21.5. The monoisotopic (exact) mass is 324 g/mol. The average molecular weight is 324 g/mol. The van der Waals surface area contributed by atoms with Gasteiger partial charge in [-0.05, 0) is 36.8 Å². The fourth-order valence-electron chi connectivity index (χ4n) is 2.39. The molecule has 0 amide bonds. The van der Waals surface area contributed by atoms with Gasteiger partial charge in [-0.2, -0.15) is 4.89 Å². The molecule has 1 aromatic rings. The highest BCUT2D eigenvalue weighted by Crippen LogP contribution is 2.20. The van der Waals surface area contributed by atoms with Crippen LogP contribution in [0.2, 0.25) is 0 Å². The number of aryl methyl sites for hydroxylation is 1. The first-order valence-electron chi connectivity index (χ1n) is 7.05. The van der Waals surface area contributed by atoms with Crippen LogP contribution >= 0.6 is 0 Å². The first-order chi connectivity index (χ1) is 11.1. The largest absolute Gasteiger partial charge is 0.492 e. The third-order valence-corrected chi connectivity index (χ3v) is 3.59. The predicted octanol–water partition coefficient (Wildman–Crippen LogP) is 1.54. The van der Waals surface area contributed by atoms with Gasteiger partial charge in [0.15, 0.2) is 6.23 Å². The SMILES string of the molecule is Cc1cc(C=O)ccc1OCCN1C(OO)C=CN(C)C1OO. The van der Waals surface area contributed by atoms with E-state index in [9.17, 15) is 4.79 Å². The Balaban J connectivity index is 1.98. The minimum Gasteiger partial charge on any atom is -0.492 e. The van der Waals surface area contributed by atoms with Gasteiger partial charge in [0, 0.05) is 25.4 Å². The smallest absolute Gasteiger partial charge is 0.223 e. The highest BCUT2D eigenvalue weighted by molar-refractivity contribution is 5.75. The second-order valence-corrected chi connectivity index (χ2v) is 5.16. The molecule has 0 saturated heterocycles. The van der Waals surface area contributed by atoms with Crippen LogP contribution < -0.4 is 4.74 Å². The van der Waals surface area contributed by atoms with Crippen molar-refractivity contribution in [2.45, 2.75) is 19.5 Å². The Hall–Kier alpha value is -1.97. The summed E-state index contributed by atoms with van der Waals surface area (Å²) in [5, 5.41) is 18.0. The van der Waals surface area contributed by atoms with E-state index in [1.807, 2.05) is 6.92 Å². The number of benzene rings is 1. The molecule has 2 atom stereocenters. The molecule has 0 spiro atoms. The molecule has 2 rings (SSSR count). The second-order valence-electron chi connectivity index (χ2n) is 5.16. The van der Waals surface area contributed by atoms with E-state index in [-0.39, 0.29) is 6.61 Å². The van der Waals surface area contributed by atoms with Crippen LogP contribution in [-0.2, 0) is 9.78 Å². The van der Waals surface area contributed by atoms with E-state index < -0.39 is 12.6 Å². The molecule has 0 aliphatic carbocycles. The third-order valence-electron chi connectivity index (χ3n) is 3.59. The summed E-state index contributed by atoms with van der Waals surface area (Å²) in [7, 11) is 1.71. The zero-order valence-electron chi connectivity index (χ0n) is 13.0. The van der Waals surface area contributed by atoms with E-state index in [2.05, 4.69) is 9.78 Å². The van der Waals surface area contributed by atoms with Crippen LogP contribution in [0, 0.1) is 6.92 Å². The Labute approximate surface area is 133 Å². The second kappa shape index (κ2) is 8.04. The summed E-state index contributed by atoms with van der Waals surface area (Å²) in [4.78, 5) is 22.7. The van der Waals surface area contributed by atoms with Crippen LogP contribution in [0.15, 0.2) is 30.5 Å². The van der Waals surface area contributed by atoms with E-state index >= 15 is 0 Å². The highest BCUT2D eigenvalue weighted by atomic mass is 17.1. The molecule has 1 aliphatic heterocycles. The lowest BCUT2D eigenvalue weighted by atomic mass is 10.1. The predicted molar refractivity (Wildman–Crippen MR) is 80.7 cm³/mol. The first-order valence-corrected chi connectivity index (χ1v) is 7.05. The molecule has 2 unspecified atom stereocenters. The fraction of sp³-hybridized carbons (Fsp3) is 0.400. The molecular weight excluding hydrogens is 304 g/mol. The van der Waals surface area contributed by atoms with Crippen LogP contribution in [0.3, 0.4) is 0 Å². The number of aldehydes is 1. The maximum atomic E-state index is 10.7. The van der Waals surface area contributed by atoms with Crippen LogP contribution in [0.1, 0.15) is 15.9 Å². The summed E-state index contributed by atoms with van der Waals surface area (Å²) >= 11 is 0. The summed E-state index contributed by atoms with van der Waals surface area (Å²) < 4.78 is 5.69. The lowest BCUT2D eigenvalue weighted by molar-refractivity contribution is -0.386. The van der Waals surface area contributed by atoms with Crippen molar-refractivity contribution in [3.05, 3.63) is 41.6 Å². The zero-order chi connectivity index (χ0) is 16.8. The van der Waals surface area contributed by atoms with Gasteiger partial charge in [0.25, 0.3) is 0 Å². The van der Waals surface area contributed by atoms with Crippen molar-refractivity contribution >= 4 is 6.29 Å². The molecular formula is C15H20N2O6. The fourth-order valence-corrected chi connectivity index (χ4v) is 2.39. The number of hydrogen-bond acceptors (Lipinski definition) is 8. The number of ether oxygens (including phenoxy) is 1. The number of rotatable bonds is 7. The van der Waals surface area contributed by atoms with Gasteiger partial charge in [-0.15, -0.1) is 0 Å². The van der Waals surface area contributed by atoms with Crippen LogP contribution in [0.5, 0.6) is 5.75 Å². The first kappa shape index (κ1) is 17.4. The van der Waals surface area contributed by atoms with Gasteiger partial charge in [-0.25, -0.2) is 20.3 Å². The highest BCUT2D eigenvalue weighted by Gasteiger charge is 2.32. The van der Waals surface area contributed by atoms with Crippen molar-refractivity contribution in [2.24, 2.45) is 0 Å². The Morgan fingerprint density at radius 1 is 1.30 bits per heavy atom. The Bertz CT molecular complexity index is 565. The minimum atomic E-state index is -0.806. The van der Waals surface area contributed by atoms with Crippen molar-refractivity contribution < 1.29 is 29.8 Å². The average Bonchev–Trinajstić information content (AvgIpc) is 2.56. The Kier molecular flexibility index (Phi) is 6.08. The van der Waals surface area contributed by atoms with Crippen LogP contribution in [0.25, 0.3) is 0 Å². The molecule has 0 aromatic heterocycles. The molecule has 0 fully saturated rings. The van der Waals surface area contributed by atoms with E-state index in [0.29, 0.717) is 17.9 Å². The van der Waals surface area contributed by atoms with Crippen LogP contribution in [-0.4, -0.2) is 59.4 Å². The van der Waals surface area contributed by atoms with Crippen molar-refractivity contribution in [3.8, 4) is 5.75 Å². The van der Waals surface area contributed by atoms with Crippen molar-refractivity contribution in [1.82, 2.24) is 9.80 Å². The Morgan fingerprint density at radius 2 is 2.09 bits per heavy atom. The summed E-state index contributed by atoms with van der Waals surface area (Å²) in [6, 6.07) is 5.13. The van der Waals surface area contributed by atoms with Gasteiger partial charge in [-0.3, -0.25) is 4.79 Å². The zero-order valence-corrected chi connectivity index (χ0v) is 13.0. The molecule has 0 radical (unpaired) electrons. The summed E-state index contributed by atoms with van der Waals surface area (Å²) in [6.45, 7) is 2.43. The molecule has 0 saturated carbocycles. The number of carbonyl (C=O) groups is 1. The number of nitrogens with zero attached hydrogens (tertiary/aromatic N) is 2. The molecule has 8 heteroatoms. The van der Waals surface area contributed by atoms with Crippen molar-refractivity contribution in [2.75, 3.05) is 20.2 Å². The summed E-state index contributed by atoms with van der Waals surface area (Å²) in [5.74, 6) is 0.652. The minimum absolute atomic E-state index is 0.267. The van der Waals surface area contributed by atoms with Gasteiger partial charge in [0.2, 0.25) is 6.35 Å². The molecule has 1 heterocycles. The molecule has 0 bridgehead atoms. The summed E-state index contributed by atoms with van der Waals surface area (Å²) in [5.41, 5.74) is 1.43. The topological polar surface area (TPSA) is 91.7 Å². The molecule has 23 heavy (non-hydrogen) atoms. The van der Waals surface area contributed by atoms with E-state index in [0.717, 1.165) is 11.8 Å². The maximum Gasteiger partial charge on any atom is 0.223 e. The van der Waals surface area contributed by atoms with Gasteiger partial charge < -0.3 is 9.64 Å². The molecule has 1 aromatic carbocycles. The van der Waals surface area contributed by atoms with E-state index in [1.165, 1.54) is 0 Å². The third kappa shape index (κ3) is 4.06. The van der Waals surface area contributed by atoms with Gasteiger partial charge >= 0.3 is 0 Å². The number of hydrogen-bond donors (Lipinski definition) is 2. The van der Waals surface area contributed by atoms with E-state index in [4.69, 9.17) is 15.3 Å². The molecule has 8 nitrogen and oxygen atoms in total. The summed E-state index contributed by atoms with van der Waals surface area (Å²) in [6.07, 6.45) is 2.45. The lowest BCUT2D eigenvalue weighted by Crippen LogP contribution is -2.55. The maximum absolute atomic E-state index is 10.7. The molecule has 2 N–H and O–H groups in total. The quantitative estimate of drug-likeness (QED) is 0.443. The Morgan fingerprint density at radius 3 is 2.70 bits per heavy atom. The molecule has 1 aliphatic rings. The van der Waals surface area contributed by atoms with Crippen LogP contribution in [0.4, 0.5) is 0 Å². The molecule has 126 valence electrons. The standard InChI is InChI=1S/C15H20N2O6/c1-11-9-12(10-18)3-4-13(11)21-8-7-17-14(22-19)5-6-16(2)15(17)23-20/h3-6,9-10,14-15,19-20H,7-8H2,1-2H3. The van der Waals surface area contributed by atoms with Gasteiger partial charge in [0.1, 0.15) is 18.6 Å². The van der Waals surface area contributed by atoms with Gasteiger partial charge in [0.05, 0.1) is 0 Å². The van der Waals surface area contributed by atoms with Crippen molar-refractivity contribution in [1.29, 1.82) is 0 Å².